The Labute approximate surface area is 161 Å². The summed E-state index contributed by atoms with van der Waals surface area (Å²) >= 11 is 0. The molecule has 1 atom stereocenters. The number of piperidine rings is 1. The Hall–Kier alpha value is -2.24. The Kier molecular flexibility index (Phi) is 5.10. The van der Waals surface area contributed by atoms with Gasteiger partial charge in [-0.25, -0.2) is 4.79 Å². The topological polar surface area (TPSA) is 70.1 Å². The van der Waals surface area contributed by atoms with Gasteiger partial charge < -0.3 is 19.6 Å². The van der Waals surface area contributed by atoms with Gasteiger partial charge in [0.25, 0.3) is 0 Å². The number of amides is 2. The quantitative estimate of drug-likeness (QED) is 0.878. The molecule has 1 spiro atoms. The van der Waals surface area contributed by atoms with Crippen molar-refractivity contribution in [3.05, 3.63) is 29.8 Å². The average Bonchev–Trinajstić information content (AvgIpc) is 2.87. The lowest BCUT2D eigenvalue weighted by molar-refractivity contribution is -0.131. The van der Waals surface area contributed by atoms with E-state index in [0.29, 0.717) is 26.1 Å². The summed E-state index contributed by atoms with van der Waals surface area (Å²) in [6.07, 6.45) is 1.13. The van der Waals surface area contributed by atoms with Gasteiger partial charge in [0.05, 0.1) is 7.11 Å². The Bertz CT molecular complexity index is 700. The second-order valence-corrected chi connectivity index (χ2v) is 8.95. The molecular formula is C21H30N2O4. The molecule has 2 saturated heterocycles. The van der Waals surface area contributed by atoms with Crippen LogP contribution in [0.2, 0.25) is 0 Å². The second-order valence-electron chi connectivity index (χ2n) is 8.95. The first-order chi connectivity index (χ1) is 12.7. The van der Waals surface area contributed by atoms with E-state index in [2.05, 4.69) is 20.8 Å². The molecule has 0 saturated carbocycles. The summed E-state index contributed by atoms with van der Waals surface area (Å²) in [4.78, 5) is 27.8. The minimum atomic E-state index is -0.864. The van der Waals surface area contributed by atoms with Crippen molar-refractivity contribution < 1.29 is 19.4 Å². The van der Waals surface area contributed by atoms with Crippen molar-refractivity contribution in [2.75, 3.05) is 20.2 Å². The maximum Gasteiger partial charge on any atom is 0.407 e. The van der Waals surface area contributed by atoms with E-state index in [0.717, 1.165) is 24.2 Å². The van der Waals surface area contributed by atoms with Crippen LogP contribution in [0.1, 0.15) is 45.6 Å². The Morgan fingerprint density at radius 1 is 1.22 bits per heavy atom. The minimum absolute atomic E-state index is 0.0793. The number of hydrogen-bond acceptors (Lipinski definition) is 3. The molecule has 27 heavy (non-hydrogen) atoms. The van der Waals surface area contributed by atoms with Crippen molar-refractivity contribution in [2.45, 2.75) is 52.6 Å². The summed E-state index contributed by atoms with van der Waals surface area (Å²) in [5.41, 5.74) is 0.857. The van der Waals surface area contributed by atoms with Gasteiger partial charge >= 0.3 is 6.09 Å². The van der Waals surface area contributed by atoms with Crippen molar-refractivity contribution in [1.82, 2.24) is 9.80 Å². The smallest absolute Gasteiger partial charge is 0.407 e. The number of hydrogen-bond donors (Lipinski definition) is 1. The average molecular weight is 374 g/mol. The first-order valence-electron chi connectivity index (χ1n) is 9.56. The third-order valence-electron chi connectivity index (χ3n) is 6.08. The number of likely N-dealkylation sites (tertiary alicyclic amines) is 2. The van der Waals surface area contributed by atoms with Crippen LogP contribution in [0.4, 0.5) is 4.79 Å². The second kappa shape index (κ2) is 7.06. The molecule has 3 rings (SSSR count). The van der Waals surface area contributed by atoms with Crippen LogP contribution in [-0.2, 0) is 11.3 Å². The van der Waals surface area contributed by atoms with Crippen LogP contribution >= 0.6 is 0 Å². The van der Waals surface area contributed by atoms with Crippen LogP contribution < -0.4 is 4.74 Å². The van der Waals surface area contributed by atoms with Crippen molar-refractivity contribution >= 4 is 12.0 Å². The highest BCUT2D eigenvalue weighted by Crippen LogP contribution is 2.52. The number of methoxy groups -OCH3 is 1. The number of carboxylic acid groups (broad SMARTS) is 1. The van der Waals surface area contributed by atoms with Gasteiger partial charge in [0, 0.05) is 37.5 Å². The van der Waals surface area contributed by atoms with Crippen molar-refractivity contribution in [1.29, 1.82) is 0 Å². The zero-order chi connectivity index (χ0) is 19.8. The fourth-order valence-corrected chi connectivity index (χ4v) is 5.06. The van der Waals surface area contributed by atoms with Crippen LogP contribution in [0.25, 0.3) is 0 Å². The highest BCUT2D eigenvalue weighted by molar-refractivity contribution is 5.80. The number of carbonyl (C=O) groups excluding carboxylic acids is 1. The minimum Gasteiger partial charge on any atom is -0.497 e. The normalized spacial score (nSPS) is 22.4. The summed E-state index contributed by atoms with van der Waals surface area (Å²) in [5, 5.41) is 9.28. The summed E-state index contributed by atoms with van der Waals surface area (Å²) in [7, 11) is 1.64. The highest BCUT2D eigenvalue weighted by Gasteiger charge is 2.56. The molecule has 2 aliphatic rings. The van der Waals surface area contributed by atoms with Crippen LogP contribution in [-0.4, -0.2) is 53.1 Å². The molecule has 148 valence electrons. The monoisotopic (exact) mass is 374 g/mol. The maximum atomic E-state index is 13.0. The SMILES string of the molecule is COc1ccc(CN2C(=O)CC3(CCN(C(=O)O)CC3)C2C(C)(C)C)cc1. The van der Waals surface area contributed by atoms with E-state index in [1.807, 2.05) is 29.2 Å². The van der Waals surface area contributed by atoms with Crippen molar-refractivity contribution in [3.63, 3.8) is 0 Å². The number of rotatable bonds is 3. The molecule has 6 nitrogen and oxygen atoms in total. The molecular weight excluding hydrogens is 344 g/mol. The first-order valence-corrected chi connectivity index (χ1v) is 9.56. The Balaban J connectivity index is 1.85. The van der Waals surface area contributed by atoms with Gasteiger partial charge in [0.1, 0.15) is 5.75 Å². The van der Waals surface area contributed by atoms with Gasteiger partial charge in [-0.1, -0.05) is 32.9 Å². The van der Waals surface area contributed by atoms with E-state index in [9.17, 15) is 14.7 Å². The highest BCUT2D eigenvalue weighted by atomic mass is 16.5. The van der Waals surface area contributed by atoms with E-state index in [1.165, 1.54) is 4.90 Å². The Morgan fingerprint density at radius 2 is 1.81 bits per heavy atom. The van der Waals surface area contributed by atoms with E-state index >= 15 is 0 Å². The number of carbonyl (C=O) groups is 2. The molecule has 2 amide bonds. The molecule has 0 radical (unpaired) electrons. The predicted molar refractivity (Wildman–Crippen MR) is 103 cm³/mol. The molecule has 2 heterocycles. The zero-order valence-corrected chi connectivity index (χ0v) is 16.7. The molecule has 2 aliphatic heterocycles. The molecule has 0 bridgehead atoms. The molecule has 0 aromatic heterocycles. The number of ether oxygens (including phenoxy) is 1. The lowest BCUT2D eigenvalue weighted by Crippen LogP contribution is -2.53. The molecule has 1 unspecified atom stereocenters. The summed E-state index contributed by atoms with van der Waals surface area (Å²) < 4.78 is 5.22. The lowest BCUT2D eigenvalue weighted by atomic mass is 9.64. The van der Waals surface area contributed by atoms with E-state index in [1.54, 1.807) is 7.11 Å². The van der Waals surface area contributed by atoms with E-state index in [4.69, 9.17) is 4.74 Å². The fourth-order valence-electron chi connectivity index (χ4n) is 5.06. The van der Waals surface area contributed by atoms with Gasteiger partial charge in [-0.15, -0.1) is 0 Å². The molecule has 1 aromatic rings. The van der Waals surface area contributed by atoms with E-state index in [-0.39, 0.29) is 22.8 Å². The fraction of sp³-hybridized carbons (Fsp3) is 0.619. The molecule has 1 N–H and O–H groups in total. The van der Waals surface area contributed by atoms with E-state index < -0.39 is 6.09 Å². The number of nitrogens with zero attached hydrogens (tertiary/aromatic N) is 2. The third kappa shape index (κ3) is 3.75. The van der Waals surface area contributed by atoms with Gasteiger partial charge in [-0.05, 0) is 36.0 Å². The standard InChI is InChI=1S/C21H30N2O4/c1-20(2,3)18-21(9-11-22(12-10-21)19(25)26)13-17(24)23(18)14-15-5-7-16(27-4)8-6-15/h5-8,18H,9-14H2,1-4H3,(H,25,26). The first kappa shape index (κ1) is 19.5. The van der Waals surface area contributed by atoms with Gasteiger partial charge in [-0.2, -0.15) is 0 Å². The molecule has 0 aliphatic carbocycles. The largest absolute Gasteiger partial charge is 0.497 e. The third-order valence-corrected chi connectivity index (χ3v) is 6.08. The maximum absolute atomic E-state index is 13.0. The van der Waals surface area contributed by atoms with Crippen LogP contribution in [0.5, 0.6) is 5.75 Å². The lowest BCUT2D eigenvalue weighted by Gasteiger charge is -2.48. The molecule has 2 fully saturated rings. The molecule has 1 aromatic carbocycles. The summed E-state index contributed by atoms with van der Waals surface area (Å²) in [5.74, 6) is 0.978. The summed E-state index contributed by atoms with van der Waals surface area (Å²) in [6.45, 7) is 8.14. The number of benzene rings is 1. The van der Waals surface area contributed by atoms with Gasteiger partial charge in [0.15, 0.2) is 0 Å². The van der Waals surface area contributed by atoms with Gasteiger partial charge in [-0.3, -0.25) is 4.79 Å². The van der Waals surface area contributed by atoms with Crippen LogP contribution in [0.15, 0.2) is 24.3 Å². The Morgan fingerprint density at radius 3 is 2.30 bits per heavy atom. The van der Waals surface area contributed by atoms with Crippen LogP contribution in [0, 0.1) is 10.8 Å². The molecule has 6 heteroatoms. The zero-order valence-electron chi connectivity index (χ0n) is 16.7. The van der Waals surface area contributed by atoms with Crippen molar-refractivity contribution in [3.8, 4) is 5.75 Å². The van der Waals surface area contributed by atoms with Crippen LogP contribution in [0.3, 0.4) is 0 Å². The van der Waals surface area contributed by atoms with Crippen molar-refractivity contribution in [2.24, 2.45) is 10.8 Å². The predicted octanol–water partition coefficient (Wildman–Crippen LogP) is 3.60. The van der Waals surface area contributed by atoms with Gasteiger partial charge in [0.2, 0.25) is 5.91 Å². The summed E-state index contributed by atoms with van der Waals surface area (Å²) in [6, 6.07) is 7.94.